The van der Waals surface area contributed by atoms with Crippen molar-refractivity contribution in [2.75, 3.05) is 26.3 Å². The molecule has 144 valence electrons. The molecular weight excluding hydrogens is 336 g/mol. The van der Waals surface area contributed by atoms with Gasteiger partial charge in [-0.2, -0.15) is 0 Å². The van der Waals surface area contributed by atoms with Gasteiger partial charge in [0, 0.05) is 43.1 Å². The van der Waals surface area contributed by atoms with Crippen LogP contribution in [0.1, 0.15) is 46.9 Å². The van der Waals surface area contributed by atoms with Crippen molar-refractivity contribution in [3.63, 3.8) is 0 Å². The van der Waals surface area contributed by atoms with Crippen LogP contribution in [0.3, 0.4) is 0 Å². The van der Waals surface area contributed by atoms with E-state index in [1.165, 1.54) is 11.1 Å². The SMILES string of the molecule is CCOCC1CCN(C(=O)c2ccc(-c3cc(C)c(C)c(C)n3)cc2)CC1. The number of pyridine rings is 1. The fourth-order valence-electron chi connectivity index (χ4n) is 3.60. The molecule has 1 aromatic carbocycles. The van der Waals surface area contributed by atoms with Gasteiger partial charge in [-0.05, 0) is 75.8 Å². The molecule has 1 amide bonds. The Kier molecular flexibility index (Phi) is 6.27. The van der Waals surface area contributed by atoms with E-state index < -0.39 is 0 Å². The molecule has 4 heteroatoms. The number of aryl methyl sites for hydroxylation is 2. The third-order valence-corrected chi connectivity index (χ3v) is 5.66. The second-order valence-corrected chi connectivity index (χ2v) is 7.51. The number of amides is 1. The number of hydrogen-bond acceptors (Lipinski definition) is 3. The molecule has 0 saturated carbocycles. The Hall–Kier alpha value is -2.20. The number of nitrogens with zero attached hydrogens (tertiary/aromatic N) is 2. The monoisotopic (exact) mass is 366 g/mol. The number of likely N-dealkylation sites (tertiary alicyclic amines) is 1. The second-order valence-electron chi connectivity index (χ2n) is 7.51. The minimum Gasteiger partial charge on any atom is -0.381 e. The number of benzene rings is 1. The second kappa shape index (κ2) is 8.66. The van der Waals surface area contributed by atoms with E-state index in [2.05, 4.69) is 19.9 Å². The molecule has 0 aliphatic carbocycles. The zero-order valence-electron chi connectivity index (χ0n) is 16.9. The average molecular weight is 367 g/mol. The Bertz CT molecular complexity index is 768. The summed E-state index contributed by atoms with van der Waals surface area (Å²) in [6.07, 6.45) is 2.05. The molecular formula is C23H30N2O2. The van der Waals surface area contributed by atoms with Gasteiger partial charge in [-0.25, -0.2) is 0 Å². The van der Waals surface area contributed by atoms with Crippen LogP contribution in [0.25, 0.3) is 11.3 Å². The molecule has 2 heterocycles. The largest absolute Gasteiger partial charge is 0.381 e. The third kappa shape index (κ3) is 4.56. The number of hydrogen-bond donors (Lipinski definition) is 0. The predicted octanol–water partition coefficient (Wildman–Crippen LogP) is 4.56. The van der Waals surface area contributed by atoms with Gasteiger partial charge in [-0.1, -0.05) is 12.1 Å². The highest BCUT2D eigenvalue weighted by Gasteiger charge is 2.23. The van der Waals surface area contributed by atoms with Crippen molar-refractivity contribution in [2.45, 2.75) is 40.5 Å². The first-order valence-electron chi connectivity index (χ1n) is 9.92. The molecule has 27 heavy (non-hydrogen) atoms. The van der Waals surface area contributed by atoms with Crippen molar-refractivity contribution in [1.29, 1.82) is 0 Å². The van der Waals surface area contributed by atoms with Crippen LogP contribution in [0.5, 0.6) is 0 Å². The molecule has 2 aromatic rings. The lowest BCUT2D eigenvalue weighted by Gasteiger charge is -2.32. The van der Waals surface area contributed by atoms with Crippen LogP contribution < -0.4 is 0 Å². The Balaban J connectivity index is 1.66. The van der Waals surface area contributed by atoms with E-state index in [1.54, 1.807) is 0 Å². The van der Waals surface area contributed by atoms with E-state index in [1.807, 2.05) is 43.0 Å². The lowest BCUT2D eigenvalue weighted by atomic mass is 9.97. The summed E-state index contributed by atoms with van der Waals surface area (Å²) in [6.45, 7) is 11.5. The van der Waals surface area contributed by atoms with E-state index in [4.69, 9.17) is 9.72 Å². The van der Waals surface area contributed by atoms with Gasteiger partial charge in [0.25, 0.3) is 5.91 Å². The molecule has 4 nitrogen and oxygen atoms in total. The Morgan fingerprint density at radius 2 is 1.81 bits per heavy atom. The van der Waals surface area contributed by atoms with Crippen LogP contribution in [0.15, 0.2) is 30.3 Å². The highest BCUT2D eigenvalue weighted by atomic mass is 16.5. The predicted molar refractivity (Wildman–Crippen MR) is 109 cm³/mol. The number of carbonyl (C=O) groups excluding carboxylic acids is 1. The molecule has 1 aliphatic heterocycles. The molecule has 0 spiro atoms. The van der Waals surface area contributed by atoms with Gasteiger partial charge in [-0.15, -0.1) is 0 Å². The topological polar surface area (TPSA) is 42.4 Å². The molecule has 0 bridgehead atoms. The van der Waals surface area contributed by atoms with Crippen LogP contribution in [0, 0.1) is 26.7 Å². The van der Waals surface area contributed by atoms with Crippen LogP contribution in [0.4, 0.5) is 0 Å². The van der Waals surface area contributed by atoms with E-state index in [0.29, 0.717) is 5.92 Å². The van der Waals surface area contributed by atoms with Crippen molar-refractivity contribution in [2.24, 2.45) is 5.92 Å². The molecule has 0 atom stereocenters. The molecule has 1 fully saturated rings. The van der Waals surface area contributed by atoms with Crippen molar-refractivity contribution >= 4 is 5.91 Å². The maximum absolute atomic E-state index is 12.8. The maximum atomic E-state index is 12.8. The quantitative estimate of drug-likeness (QED) is 0.779. The van der Waals surface area contributed by atoms with Crippen LogP contribution in [-0.4, -0.2) is 42.1 Å². The van der Waals surface area contributed by atoms with Crippen molar-refractivity contribution in [3.05, 3.63) is 52.7 Å². The Labute approximate surface area is 162 Å². The molecule has 1 aromatic heterocycles. The Morgan fingerprint density at radius 3 is 2.41 bits per heavy atom. The fraction of sp³-hybridized carbons (Fsp3) is 0.478. The maximum Gasteiger partial charge on any atom is 0.253 e. The summed E-state index contributed by atoms with van der Waals surface area (Å²) in [5, 5.41) is 0. The smallest absolute Gasteiger partial charge is 0.253 e. The Morgan fingerprint density at radius 1 is 1.15 bits per heavy atom. The van der Waals surface area contributed by atoms with E-state index in [9.17, 15) is 4.79 Å². The fourth-order valence-corrected chi connectivity index (χ4v) is 3.60. The van der Waals surface area contributed by atoms with Gasteiger partial charge in [0.2, 0.25) is 0 Å². The average Bonchev–Trinajstić information content (AvgIpc) is 2.70. The molecule has 1 aliphatic rings. The lowest BCUT2D eigenvalue weighted by molar-refractivity contribution is 0.0551. The summed E-state index contributed by atoms with van der Waals surface area (Å²) in [6, 6.07) is 9.98. The summed E-state index contributed by atoms with van der Waals surface area (Å²) in [5.74, 6) is 0.705. The van der Waals surface area contributed by atoms with Gasteiger partial charge >= 0.3 is 0 Å². The van der Waals surface area contributed by atoms with Crippen LogP contribution >= 0.6 is 0 Å². The number of piperidine rings is 1. The van der Waals surface area contributed by atoms with Gasteiger partial charge < -0.3 is 9.64 Å². The van der Waals surface area contributed by atoms with E-state index >= 15 is 0 Å². The molecule has 3 rings (SSSR count). The standard InChI is InChI=1S/C23H30N2O2/c1-5-27-15-19-10-12-25(13-11-19)23(26)21-8-6-20(7-9-21)22-14-16(2)17(3)18(4)24-22/h6-9,14,19H,5,10-13,15H2,1-4H3. The normalized spacial score (nSPS) is 15.2. The highest BCUT2D eigenvalue weighted by Crippen LogP contribution is 2.24. The van der Waals surface area contributed by atoms with Gasteiger partial charge in [0.1, 0.15) is 0 Å². The number of ether oxygens (including phenoxy) is 1. The van der Waals surface area contributed by atoms with Crippen LogP contribution in [0.2, 0.25) is 0 Å². The zero-order chi connectivity index (χ0) is 19.4. The lowest BCUT2D eigenvalue weighted by Crippen LogP contribution is -2.39. The number of aromatic nitrogens is 1. The summed E-state index contributed by atoms with van der Waals surface area (Å²) in [4.78, 5) is 19.5. The first-order valence-corrected chi connectivity index (χ1v) is 9.92. The molecule has 0 radical (unpaired) electrons. The summed E-state index contributed by atoms with van der Waals surface area (Å²) < 4.78 is 5.52. The van der Waals surface area contributed by atoms with Crippen LogP contribution in [-0.2, 0) is 4.74 Å². The molecule has 0 unspecified atom stereocenters. The first kappa shape index (κ1) is 19.6. The molecule has 0 N–H and O–H groups in total. The van der Waals surface area contributed by atoms with Gasteiger partial charge in [0.05, 0.1) is 5.69 Å². The summed E-state index contributed by atoms with van der Waals surface area (Å²) in [7, 11) is 0. The van der Waals surface area contributed by atoms with Crippen molar-refractivity contribution in [1.82, 2.24) is 9.88 Å². The first-order chi connectivity index (χ1) is 13.0. The van der Waals surface area contributed by atoms with Crippen molar-refractivity contribution < 1.29 is 9.53 Å². The van der Waals surface area contributed by atoms with E-state index in [0.717, 1.165) is 61.7 Å². The van der Waals surface area contributed by atoms with E-state index in [-0.39, 0.29) is 5.91 Å². The number of carbonyl (C=O) groups is 1. The minimum absolute atomic E-state index is 0.126. The van der Waals surface area contributed by atoms with Gasteiger partial charge in [-0.3, -0.25) is 9.78 Å². The number of rotatable bonds is 5. The third-order valence-electron chi connectivity index (χ3n) is 5.66. The molecule has 1 saturated heterocycles. The zero-order valence-corrected chi connectivity index (χ0v) is 16.9. The van der Waals surface area contributed by atoms with Gasteiger partial charge in [0.15, 0.2) is 0 Å². The highest BCUT2D eigenvalue weighted by molar-refractivity contribution is 5.94. The minimum atomic E-state index is 0.126. The summed E-state index contributed by atoms with van der Waals surface area (Å²) in [5.41, 5.74) is 6.30. The van der Waals surface area contributed by atoms with Crippen molar-refractivity contribution in [3.8, 4) is 11.3 Å². The summed E-state index contributed by atoms with van der Waals surface area (Å²) >= 11 is 0.